The van der Waals surface area contributed by atoms with E-state index in [4.69, 9.17) is 16.3 Å². The van der Waals surface area contributed by atoms with Crippen molar-refractivity contribution < 1.29 is 27.5 Å². The minimum absolute atomic E-state index is 0.0204. The summed E-state index contributed by atoms with van der Waals surface area (Å²) in [5, 5.41) is 5.78. The molecule has 140 valence electrons. The number of nitrogens with zero attached hydrogens (tertiary/aromatic N) is 2. The summed E-state index contributed by atoms with van der Waals surface area (Å²) >= 11 is 6.16. The van der Waals surface area contributed by atoms with Gasteiger partial charge < -0.3 is 10.1 Å². The largest absolute Gasteiger partial charge is 0.452 e. The minimum atomic E-state index is -4.54. The molecule has 2 rings (SSSR count). The van der Waals surface area contributed by atoms with E-state index in [-0.39, 0.29) is 16.4 Å². The van der Waals surface area contributed by atoms with Gasteiger partial charge >= 0.3 is 12.1 Å². The van der Waals surface area contributed by atoms with Gasteiger partial charge in [-0.2, -0.15) is 18.3 Å². The predicted octanol–water partition coefficient (Wildman–Crippen LogP) is 2.73. The molecule has 2 aromatic rings. The molecule has 1 heterocycles. The van der Waals surface area contributed by atoms with Gasteiger partial charge in [0.15, 0.2) is 6.61 Å². The first kappa shape index (κ1) is 19.8. The molecule has 0 bridgehead atoms. The second kappa shape index (κ2) is 8.22. The Morgan fingerprint density at radius 1 is 1.27 bits per heavy atom. The molecule has 0 aliphatic rings. The number of hydrogen-bond donors (Lipinski definition) is 1. The van der Waals surface area contributed by atoms with Crippen LogP contribution in [0.25, 0.3) is 0 Å². The molecule has 10 heteroatoms. The fourth-order valence-electron chi connectivity index (χ4n) is 2.10. The van der Waals surface area contributed by atoms with Crippen LogP contribution in [-0.4, -0.2) is 41.0 Å². The average molecular weight is 390 g/mol. The molecule has 1 amide bonds. The highest BCUT2D eigenvalue weighted by molar-refractivity contribution is 6.32. The average Bonchev–Trinajstić information content (AvgIpc) is 2.85. The van der Waals surface area contributed by atoms with Gasteiger partial charge in [0.25, 0.3) is 5.91 Å². The fourth-order valence-corrected chi connectivity index (χ4v) is 2.41. The normalized spacial score (nSPS) is 11.3. The smallest absolute Gasteiger partial charge is 0.405 e. The highest BCUT2D eigenvalue weighted by atomic mass is 35.5. The second-order valence-corrected chi connectivity index (χ2v) is 5.72. The van der Waals surface area contributed by atoms with E-state index in [2.05, 4.69) is 5.10 Å². The van der Waals surface area contributed by atoms with E-state index in [1.165, 1.54) is 11.6 Å². The molecule has 26 heavy (non-hydrogen) atoms. The number of amides is 1. The van der Waals surface area contributed by atoms with Crippen molar-refractivity contribution in [1.82, 2.24) is 15.1 Å². The molecule has 0 spiro atoms. The fraction of sp³-hybridized carbons (Fsp3) is 0.312. The van der Waals surface area contributed by atoms with Crippen molar-refractivity contribution in [3.8, 4) is 0 Å². The lowest BCUT2D eigenvalue weighted by Gasteiger charge is -2.08. The Labute approximate surface area is 151 Å². The highest BCUT2D eigenvalue weighted by Gasteiger charge is 2.28. The van der Waals surface area contributed by atoms with Gasteiger partial charge in [-0.1, -0.05) is 41.9 Å². The first-order chi connectivity index (χ1) is 12.2. The first-order valence-corrected chi connectivity index (χ1v) is 7.82. The van der Waals surface area contributed by atoms with Crippen LogP contribution in [0.4, 0.5) is 13.2 Å². The summed E-state index contributed by atoms with van der Waals surface area (Å²) in [6.45, 7) is -0.500. The standard InChI is InChI=1S/C16H15ClF3N3O3/c1-10-13(15(25)26-8-12(24)21-9-16(18,19)20)14(17)23(22-10)7-11-5-3-2-4-6-11/h2-6H,7-9H2,1H3,(H,21,24). The summed E-state index contributed by atoms with van der Waals surface area (Å²) in [5.74, 6) is -2.00. The number of aryl methyl sites for hydroxylation is 1. The molecule has 0 radical (unpaired) electrons. The number of carbonyl (C=O) groups is 2. The first-order valence-electron chi connectivity index (χ1n) is 7.45. The van der Waals surface area contributed by atoms with Crippen molar-refractivity contribution in [2.24, 2.45) is 0 Å². The van der Waals surface area contributed by atoms with E-state index < -0.39 is 31.2 Å². The van der Waals surface area contributed by atoms with Crippen LogP contribution in [0, 0.1) is 6.92 Å². The van der Waals surface area contributed by atoms with Crippen molar-refractivity contribution in [2.75, 3.05) is 13.2 Å². The van der Waals surface area contributed by atoms with E-state index in [1.54, 1.807) is 5.32 Å². The number of rotatable bonds is 6. The zero-order chi connectivity index (χ0) is 19.3. The number of aromatic nitrogens is 2. The van der Waals surface area contributed by atoms with Crippen LogP contribution in [-0.2, 0) is 16.1 Å². The number of ether oxygens (including phenoxy) is 1. The Morgan fingerprint density at radius 2 is 1.92 bits per heavy atom. The number of hydrogen-bond acceptors (Lipinski definition) is 4. The number of alkyl halides is 3. The van der Waals surface area contributed by atoms with E-state index in [9.17, 15) is 22.8 Å². The molecular formula is C16H15ClF3N3O3. The van der Waals surface area contributed by atoms with Gasteiger partial charge in [-0.25, -0.2) is 9.48 Å². The lowest BCUT2D eigenvalue weighted by molar-refractivity contribution is -0.140. The second-order valence-electron chi connectivity index (χ2n) is 5.36. The van der Waals surface area contributed by atoms with Crippen molar-refractivity contribution in [3.05, 3.63) is 52.3 Å². The molecule has 1 N–H and O–H groups in total. The molecule has 0 saturated heterocycles. The summed E-state index contributed by atoms with van der Waals surface area (Å²) in [6, 6.07) is 9.25. The number of esters is 1. The number of benzene rings is 1. The molecule has 6 nitrogen and oxygen atoms in total. The van der Waals surface area contributed by atoms with Gasteiger partial charge in [-0.15, -0.1) is 0 Å². The van der Waals surface area contributed by atoms with E-state index in [1.807, 2.05) is 30.3 Å². The SMILES string of the molecule is Cc1nn(Cc2ccccc2)c(Cl)c1C(=O)OCC(=O)NCC(F)(F)F. The molecule has 1 aromatic heterocycles. The summed E-state index contributed by atoms with van der Waals surface area (Å²) < 4.78 is 42.2. The van der Waals surface area contributed by atoms with Crippen LogP contribution in [0.3, 0.4) is 0 Å². The van der Waals surface area contributed by atoms with Gasteiger partial charge in [0, 0.05) is 0 Å². The molecule has 0 fully saturated rings. The summed E-state index contributed by atoms with van der Waals surface area (Å²) in [7, 11) is 0. The maximum absolute atomic E-state index is 12.1. The lowest BCUT2D eigenvalue weighted by atomic mass is 10.2. The molecule has 0 unspecified atom stereocenters. The third-order valence-corrected chi connectivity index (χ3v) is 3.65. The van der Waals surface area contributed by atoms with Gasteiger partial charge in [0.05, 0.1) is 12.2 Å². The van der Waals surface area contributed by atoms with Crippen molar-refractivity contribution >= 4 is 23.5 Å². The molecular weight excluding hydrogens is 375 g/mol. The third-order valence-electron chi connectivity index (χ3n) is 3.27. The number of nitrogens with one attached hydrogen (secondary N) is 1. The van der Waals surface area contributed by atoms with Gasteiger partial charge in [0.2, 0.25) is 0 Å². The van der Waals surface area contributed by atoms with Gasteiger partial charge in [-0.05, 0) is 12.5 Å². The van der Waals surface area contributed by atoms with E-state index in [0.717, 1.165) is 5.56 Å². The molecule has 0 saturated carbocycles. The van der Waals surface area contributed by atoms with Gasteiger partial charge in [-0.3, -0.25) is 4.79 Å². The maximum Gasteiger partial charge on any atom is 0.405 e. The van der Waals surface area contributed by atoms with Crippen molar-refractivity contribution in [1.29, 1.82) is 0 Å². The van der Waals surface area contributed by atoms with Crippen molar-refractivity contribution in [3.63, 3.8) is 0 Å². The number of carbonyl (C=O) groups excluding carboxylic acids is 2. The topological polar surface area (TPSA) is 73.2 Å². The van der Waals surface area contributed by atoms with Crippen molar-refractivity contribution in [2.45, 2.75) is 19.6 Å². The maximum atomic E-state index is 12.1. The lowest BCUT2D eigenvalue weighted by Crippen LogP contribution is -2.36. The monoisotopic (exact) mass is 389 g/mol. The summed E-state index contributed by atoms with van der Waals surface area (Å²) in [5.41, 5.74) is 1.15. The van der Waals surface area contributed by atoms with Crippen LogP contribution in [0.15, 0.2) is 30.3 Å². The predicted molar refractivity (Wildman–Crippen MR) is 86.9 cm³/mol. The molecule has 1 aromatic carbocycles. The summed E-state index contributed by atoms with van der Waals surface area (Å²) in [6.07, 6.45) is -4.54. The molecule has 0 aliphatic heterocycles. The van der Waals surface area contributed by atoms with E-state index >= 15 is 0 Å². The zero-order valence-corrected chi connectivity index (χ0v) is 14.4. The Kier molecular flexibility index (Phi) is 6.25. The molecule has 0 atom stereocenters. The Morgan fingerprint density at radius 3 is 2.54 bits per heavy atom. The van der Waals surface area contributed by atoms with Crippen LogP contribution in [0.1, 0.15) is 21.6 Å². The Bertz CT molecular complexity index is 791. The van der Waals surface area contributed by atoms with E-state index in [0.29, 0.717) is 6.54 Å². The third kappa shape index (κ3) is 5.48. The molecule has 0 aliphatic carbocycles. The minimum Gasteiger partial charge on any atom is -0.452 e. The zero-order valence-electron chi connectivity index (χ0n) is 13.6. The Hall–Kier alpha value is -2.55. The quantitative estimate of drug-likeness (QED) is 0.771. The van der Waals surface area contributed by atoms with Crippen LogP contribution in [0.5, 0.6) is 0 Å². The van der Waals surface area contributed by atoms with Gasteiger partial charge in [0.1, 0.15) is 17.3 Å². The van der Waals surface area contributed by atoms with Crippen LogP contribution < -0.4 is 5.32 Å². The number of halogens is 4. The Balaban J connectivity index is 2.00. The highest BCUT2D eigenvalue weighted by Crippen LogP contribution is 2.22. The van der Waals surface area contributed by atoms with Crippen LogP contribution >= 0.6 is 11.6 Å². The van der Waals surface area contributed by atoms with Crippen LogP contribution in [0.2, 0.25) is 5.15 Å². The summed E-state index contributed by atoms with van der Waals surface area (Å²) in [4.78, 5) is 23.4.